The second-order valence-corrected chi connectivity index (χ2v) is 5.65. The summed E-state index contributed by atoms with van der Waals surface area (Å²) in [5.74, 6) is 1.82. The van der Waals surface area contributed by atoms with Crippen molar-refractivity contribution in [1.29, 1.82) is 0 Å². The van der Waals surface area contributed by atoms with Crippen LogP contribution >= 0.6 is 0 Å². The Bertz CT molecular complexity index is 447. The van der Waals surface area contributed by atoms with Gasteiger partial charge in [-0.25, -0.2) is 4.98 Å². The lowest BCUT2D eigenvalue weighted by Crippen LogP contribution is -2.44. The van der Waals surface area contributed by atoms with Crippen LogP contribution in [-0.2, 0) is 4.74 Å². The maximum Gasteiger partial charge on any atom is 0.227 e. The van der Waals surface area contributed by atoms with E-state index >= 15 is 0 Å². The quantitative estimate of drug-likeness (QED) is 0.799. The zero-order chi connectivity index (χ0) is 13.9. The van der Waals surface area contributed by atoms with Crippen LogP contribution in [0.5, 0.6) is 0 Å². The van der Waals surface area contributed by atoms with Crippen LogP contribution in [0.2, 0.25) is 0 Å². The number of hydrogen-bond acceptors (Lipinski definition) is 6. The van der Waals surface area contributed by atoms with E-state index in [0.717, 1.165) is 51.2 Å². The van der Waals surface area contributed by atoms with Gasteiger partial charge in [-0.05, 0) is 12.5 Å². The maximum atomic E-state index is 5.43. The molecule has 3 heterocycles. The largest absolute Gasteiger partial charge is 0.379 e. The van der Waals surface area contributed by atoms with Gasteiger partial charge in [0.05, 0.1) is 13.2 Å². The Hall–Kier alpha value is -1.40. The average molecular weight is 277 g/mol. The summed E-state index contributed by atoms with van der Waals surface area (Å²) in [5, 5.41) is 0. The first-order valence-corrected chi connectivity index (χ1v) is 7.31. The van der Waals surface area contributed by atoms with Crippen molar-refractivity contribution < 1.29 is 4.74 Å². The highest BCUT2D eigenvalue weighted by atomic mass is 16.5. The lowest BCUT2D eigenvalue weighted by Gasteiger charge is -2.32. The molecule has 1 aromatic rings. The van der Waals surface area contributed by atoms with E-state index in [4.69, 9.17) is 4.74 Å². The number of aromatic nitrogens is 2. The van der Waals surface area contributed by atoms with Crippen molar-refractivity contribution >= 4 is 11.8 Å². The molecule has 0 aromatic carbocycles. The second-order valence-electron chi connectivity index (χ2n) is 5.65. The summed E-state index contributed by atoms with van der Waals surface area (Å²) in [6.45, 7) is 5.90. The second kappa shape index (κ2) is 5.93. The van der Waals surface area contributed by atoms with E-state index in [2.05, 4.69) is 19.8 Å². The van der Waals surface area contributed by atoms with Crippen LogP contribution in [0.15, 0.2) is 12.3 Å². The van der Waals surface area contributed by atoms with Gasteiger partial charge < -0.3 is 14.5 Å². The highest BCUT2D eigenvalue weighted by Gasteiger charge is 2.29. The molecule has 1 unspecified atom stereocenters. The third-order valence-corrected chi connectivity index (χ3v) is 4.09. The molecule has 0 bridgehead atoms. The summed E-state index contributed by atoms with van der Waals surface area (Å²) >= 11 is 0. The van der Waals surface area contributed by atoms with Gasteiger partial charge in [-0.3, -0.25) is 4.90 Å². The molecular formula is C14H23N5O. The van der Waals surface area contributed by atoms with Crippen molar-refractivity contribution in [3.05, 3.63) is 12.3 Å². The van der Waals surface area contributed by atoms with E-state index in [1.165, 1.54) is 6.42 Å². The molecule has 20 heavy (non-hydrogen) atoms. The van der Waals surface area contributed by atoms with Crippen molar-refractivity contribution in [2.45, 2.75) is 12.5 Å². The molecule has 3 rings (SSSR count). The SMILES string of the molecule is CN(C)c1ccnc(N2CCC(N3CCOCC3)C2)n1. The number of anilines is 2. The molecule has 2 saturated heterocycles. The van der Waals surface area contributed by atoms with E-state index in [1.807, 2.05) is 31.3 Å². The van der Waals surface area contributed by atoms with Crippen LogP contribution in [0.25, 0.3) is 0 Å². The lowest BCUT2D eigenvalue weighted by molar-refractivity contribution is 0.0209. The Morgan fingerprint density at radius 3 is 2.80 bits per heavy atom. The fourth-order valence-electron chi connectivity index (χ4n) is 2.90. The van der Waals surface area contributed by atoms with Gasteiger partial charge >= 0.3 is 0 Å². The minimum absolute atomic E-state index is 0.616. The summed E-state index contributed by atoms with van der Waals surface area (Å²) in [4.78, 5) is 15.9. The van der Waals surface area contributed by atoms with Gasteiger partial charge in [0.1, 0.15) is 5.82 Å². The van der Waals surface area contributed by atoms with E-state index < -0.39 is 0 Å². The third-order valence-electron chi connectivity index (χ3n) is 4.09. The summed E-state index contributed by atoms with van der Waals surface area (Å²) in [6.07, 6.45) is 3.04. The Kier molecular flexibility index (Phi) is 4.03. The normalized spacial score (nSPS) is 24.1. The van der Waals surface area contributed by atoms with Gasteiger partial charge in [0, 0.05) is 52.5 Å². The molecule has 0 amide bonds. The molecule has 0 radical (unpaired) electrons. The number of nitrogens with zero attached hydrogens (tertiary/aromatic N) is 5. The Labute approximate surface area is 120 Å². The van der Waals surface area contributed by atoms with Crippen LogP contribution in [0.3, 0.4) is 0 Å². The van der Waals surface area contributed by atoms with E-state index in [9.17, 15) is 0 Å². The van der Waals surface area contributed by atoms with Gasteiger partial charge in [-0.15, -0.1) is 0 Å². The molecule has 0 N–H and O–H groups in total. The lowest BCUT2D eigenvalue weighted by atomic mass is 10.2. The van der Waals surface area contributed by atoms with Crippen molar-refractivity contribution in [3.8, 4) is 0 Å². The fraction of sp³-hybridized carbons (Fsp3) is 0.714. The van der Waals surface area contributed by atoms with Crippen molar-refractivity contribution in [2.24, 2.45) is 0 Å². The van der Waals surface area contributed by atoms with Crippen LogP contribution in [0.4, 0.5) is 11.8 Å². The molecule has 6 nitrogen and oxygen atoms in total. The van der Waals surface area contributed by atoms with Gasteiger partial charge in [0.2, 0.25) is 5.95 Å². The average Bonchev–Trinajstić information content (AvgIpc) is 2.98. The number of morpholine rings is 1. The highest BCUT2D eigenvalue weighted by Crippen LogP contribution is 2.22. The zero-order valence-corrected chi connectivity index (χ0v) is 12.3. The van der Waals surface area contributed by atoms with E-state index in [0.29, 0.717) is 6.04 Å². The maximum absolute atomic E-state index is 5.43. The summed E-state index contributed by atoms with van der Waals surface area (Å²) in [5.41, 5.74) is 0. The first kappa shape index (κ1) is 13.6. The smallest absolute Gasteiger partial charge is 0.227 e. The standard InChI is InChI=1S/C14H23N5O/c1-17(2)13-3-5-15-14(16-13)19-6-4-12(11-19)18-7-9-20-10-8-18/h3,5,12H,4,6-11H2,1-2H3. The fourth-order valence-corrected chi connectivity index (χ4v) is 2.90. The monoisotopic (exact) mass is 277 g/mol. The molecular weight excluding hydrogens is 254 g/mol. The molecule has 6 heteroatoms. The van der Waals surface area contributed by atoms with Gasteiger partial charge in [0.15, 0.2) is 0 Å². The van der Waals surface area contributed by atoms with Crippen LogP contribution in [0.1, 0.15) is 6.42 Å². The van der Waals surface area contributed by atoms with Gasteiger partial charge in [-0.1, -0.05) is 0 Å². The molecule has 1 aromatic heterocycles. The molecule has 2 fully saturated rings. The molecule has 1 atom stereocenters. The van der Waals surface area contributed by atoms with Gasteiger partial charge in [0.25, 0.3) is 0 Å². The van der Waals surface area contributed by atoms with Crippen LogP contribution in [-0.4, -0.2) is 74.4 Å². The van der Waals surface area contributed by atoms with Crippen molar-refractivity contribution in [2.75, 3.05) is 63.3 Å². The Morgan fingerprint density at radius 2 is 2.05 bits per heavy atom. The topological polar surface area (TPSA) is 44.7 Å². The number of hydrogen-bond donors (Lipinski definition) is 0. The summed E-state index contributed by atoms with van der Waals surface area (Å²) in [6, 6.07) is 2.56. The molecule has 2 aliphatic rings. The summed E-state index contributed by atoms with van der Waals surface area (Å²) < 4.78 is 5.43. The molecule has 0 spiro atoms. The Balaban J connectivity index is 1.65. The van der Waals surface area contributed by atoms with Crippen molar-refractivity contribution in [3.63, 3.8) is 0 Å². The Morgan fingerprint density at radius 1 is 1.25 bits per heavy atom. The summed E-state index contributed by atoms with van der Waals surface area (Å²) in [7, 11) is 4.01. The third kappa shape index (κ3) is 2.86. The van der Waals surface area contributed by atoms with Gasteiger partial charge in [-0.2, -0.15) is 4.98 Å². The molecule has 0 aliphatic carbocycles. The minimum atomic E-state index is 0.616. The predicted molar refractivity (Wildman–Crippen MR) is 79.4 cm³/mol. The number of ether oxygens (including phenoxy) is 1. The van der Waals surface area contributed by atoms with E-state index in [1.54, 1.807) is 0 Å². The molecule has 0 saturated carbocycles. The van der Waals surface area contributed by atoms with Crippen LogP contribution in [0, 0.1) is 0 Å². The van der Waals surface area contributed by atoms with E-state index in [-0.39, 0.29) is 0 Å². The predicted octanol–water partition coefficient (Wildman–Crippen LogP) is 0.454. The molecule has 110 valence electrons. The number of rotatable bonds is 3. The first-order chi connectivity index (χ1) is 9.74. The zero-order valence-electron chi connectivity index (χ0n) is 12.3. The first-order valence-electron chi connectivity index (χ1n) is 7.31. The minimum Gasteiger partial charge on any atom is -0.379 e. The van der Waals surface area contributed by atoms with Crippen molar-refractivity contribution in [1.82, 2.24) is 14.9 Å². The highest BCUT2D eigenvalue weighted by molar-refractivity contribution is 5.43. The van der Waals surface area contributed by atoms with Crippen LogP contribution < -0.4 is 9.80 Å². The molecule has 2 aliphatic heterocycles.